The second kappa shape index (κ2) is 159. The van der Waals surface area contributed by atoms with Crippen molar-refractivity contribution < 1.29 is 76.2 Å². The molecule has 0 aromatic carbocycles. The normalized spacial score (nSPS) is 2.67. The predicted octanol–water partition coefficient (Wildman–Crippen LogP) is -7.90. The van der Waals surface area contributed by atoms with Gasteiger partial charge in [0, 0.05) is 0 Å². The van der Waals surface area contributed by atoms with Crippen molar-refractivity contribution in [1.29, 1.82) is 0 Å². The van der Waals surface area contributed by atoms with Crippen molar-refractivity contribution in [2.45, 2.75) is 0 Å². The third-order valence-electron chi connectivity index (χ3n) is 0. The van der Waals surface area contributed by atoms with E-state index < -0.39 is 10.2 Å². The molecule has 0 aliphatic heterocycles. The first-order chi connectivity index (χ1) is 3.46. The van der Waals surface area contributed by atoms with Crippen molar-refractivity contribution in [3.05, 3.63) is 30.6 Å². The van der Waals surface area contributed by atoms with Gasteiger partial charge in [0.2, 0.25) is 0 Å². The Bertz CT molecular complexity index is 72.5. The first-order valence-electron chi connectivity index (χ1n) is 1.10. The number of rotatable bonds is 0. The van der Waals surface area contributed by atoms with E-state index in [4.69, 9.17) is 30.6 Å². The molecule has 0 unspecified atom stereocenters. The summed E-state index contributed by atoms with van der Waals surface area (Å²) < 4.78 is 0. The van der Waals surface area contributed by atoms with E-state index in [-0.39, 0.29) is 66.1 Å². The van der Waals surface area contributed by atoms with Gasteiger partial charge in [-0.1, -0.05) is 0 Å². The van der Waals surface area contributed by atoms with Gasteiger partial charge in [-0.2, -0.15) is 0 Å². The molecule has 0 bridgehead atoms. The maximum Gasteiger partial charge on any atom is 2.00 e. The minimum absolute atomic E-state index is 0. The van der Waals surface area contributed by atoms with Crippen molar-refractivity contribution >= 4 is 0 Å². The van der Waals surface area contributed by atoms with Gasteiger partial charge in [0.25, 0.3) is 0 Å². The minimum Gasteiger partial charge on any atom is -0.412 e. The molecule has 1 radical (unpaired) electrons. The summed E-state index contributed by atoms with van der Waals surface area (Å²) in [6.07, 6.45) is 0. The zero-order valence-electron chi connectivity index (χ0n) is 8.18. The van der Waals surface area contributed by atoms with Gasteiger partial charge in [0.05, 0.1) is 10.2 Å². The van der Waals surface area contributed by atoms with Gasteiger partial charge in [0.1, 0.15) is 0 Å². The summed E-state index contributed by atoms with van der Waals surface area (Å²) in [5.41, 5.74) is 0. The Morgan fingerprint density at radius 3 is 0.444 bits per heavy atom. The Balaban J connectivity index is -0.00000000257. The molecule has 0 aliphatic rings. The van der Waals surface area contributed by atoms with Crippen LogP contribution < -0.4 is 0 Å². The monoisotopic (exact) mass is 345 g/mol. The zero-order chi connectivity index (χ0) is 7.15. The van der Waals surface area contributed by atoms with E-state index in [1.165, 1.54) is 0 Å². The van der Waals surface area contributed by atoms with Crippen molar-refractivity contribution in [1.82, 2.24) is 0 Å². The molecule has 0 saturated heterocycles. The summed E-state index contributed by atoms with van der Waals surface area (Å²) in [5.74, 6) is 0. The number of hydrogen-bond acceptors (Lipinski definition) is 6. The Hall–Kier alpha value is -1.45. The van der Waals surface area contributed by atoms with Gasteiger partial charge < -0.3 is 79.9 Å². The van der Waals surface area contributed by atoms with E-state index in [1.54, 1.807) is 0 Å². The van der Waals surface area contributed by atoms with Crippen LogP contribution in [0.2, 0.25) is 0 Å². The molecule has 17 nitrogen and oxygen atoms in total. The molecule has 0 heterocycles. The van der Waals surface area contributed by atoms with Crippen LogP contribution in [0.15, 0.2) is 0 Å². The standard InChI is InChI=1S/Co.2NO3.9H2O/c;2*2-1(3)4;;;;;;;;;/h;;;9*1H2/q+2;2*-1;;;;;;;;;. The van der Waals surface area contributed by atoms with Crippen LogP contribution in [0, 0.1) is 30.6 Å². The molecule has 0 aromatic rings. The average molecular weight is 345 g/mol. The van der Waals surface area contributed by atoms with Gasteiger partial charge in [0.15, 0.2) is 0 Å². The summed E-state index contributed by atoms with van der Waals surface area (Å²) in [6.45, 7) is 0. The molecular weight excluding hydrogens is 327 g/mol. The molecule has 0 aliphatic carbocycles. The van der Waals surface area contributed by atoms with E-state index in [1.807, 2.05) is 0 Å². The van der Waals surface area contributed by atoms with Gasteiger partial charge in [-0.05, 0) is 0 Å². The largest absolute Gasteiger partial charge is 2.00 e. The second-order valence-corrected chi connectivity index (χ2v) is 0.447. The average Bonchev–Trinajstić information content (AvgIpc) is 1.25. The topological polar surface area (TPSA) is 416 Å². The molecule has 0 amide bonds. The Kier molecular flexibility index (Phi) is 1710. The number of hydrogen-bond donors (Lipinski definition) is 0. The first-order valence-corrected chi connectivity index (χ1v) is 1.10. The Labute approximate surface area is 108 Å². The molecule has 0 rings (SSSR count). The van der Waals surface area contributed by atoms with E-state index in [2.05, 4.69) is 0 Å². The van der Waals surface area contributed by atoms with Crippen LogP contribution in [0.1, 0.15) is 0 Å². The van der Waals surface area contributed by atoms with Gasteiger partial charge in [-0.25, -0.2) is 0 Å². The Morgan fingerprint density at radius 1 is 0.444 bits per heavy atom. The summed E-state index contributed by atoms with van der Waals surface area (Å²) in [5, 5.41) is 29.5. The van der Waals surface area contributed by atoms with Crippen LogP contribution in [-0.2, 0) is 16.8 Å². The van der Waals surface area contributed by atoms with Gasteiger partial charge in [-0.3, -0.25) is 0 Å². The van der Waals surface area contributed by atoms with Crippen molar-refractivity contribution in [3.8, 4) is 0 Å². The van der Waals surface area contributed by atoms with Crippen LogP contribution in [0.25, 0.3) is 0 Å². The minimum atomic E-state index is -1.75. The van der Waals surface area contributed by atoms with Crippen molar-refractivity contribution in [3.63, 3.8) is 0 Å². The van der Waals surface area contributed by atoms with E-state index >= 15 is 0 Å². The predicted molar refractivity (Wildman–Crippen MR) is 53.2 cm³/mol. The number of nitrogens with zero attached hydrogens (tertiary/aromatic N) is 2. The fourth-order valence-corrected chi connectivity index (χ4v) is 0. The van der Waals surface area contributed by atoms with E-state index in [0.29, 0.717) is 0 Å². The SMILES string of the molecule is O.O.O.O.O.O.O.O.O.O=[N+]([O-])[O-].O=[N+]([O-])[O-].[Co+2]. The fourth-order valence-electron chi connectivity index (χ4n) is 0. The van der Waals surface area contributed by atoms with Crippen molar-refractivity contribution in [2.75, 3.05) is 0 Å². The van der Waals surface area contributed by atoms with Gasteiger partial charge in [-0.15, -0.1) is 0 Å². The van der Waals surface area contributed by atoms with Crippen LogP contribution in [0.5, 0.6) is 0 Å². The van der Waals surface area contributed by atoms with Crippen molar-refractivity contribution in [2.24, 2.45) is 0 Å². The molecular formula is H18CoN2O15. The molecule has 18 heavy (non-hydrogen) atoms. The van der Waals surface area contributed by atoms with E-state index in [0.717, 1.165) is 0 Å². The molecule has 0 atom stereocenters. The zero-order valence-corrected chi connectivity index (χ0v) is 9.22. The second-order valence-electron chi connectivity index (χ2n) is 0.447. The molecule has 0 aromatic heterocycles. The van der Waals surface area contributed by atoms with Crippen LogP contribution in [-0.4, -0.2) is 59.5 Å². The molecule has 0 spiro atoms. The molecule has 0 saturated carbocycles. The molecule has 18 N–H and O–H groups in total. The van der Waals surface area contributed by atoms with E-state index in [9.17, 15) is 0 Å². The van der Waals surface area contributed by atoms with Crippen LogP contribution in [0.4, 0.5) is 0 Å². The summed E-state index contributed by atoms with van der Waals surface area (Å²) in [4.78, 5) is 16.5. The smallest absolute Gasteiger partial charge is 0.412 e. The third-order valence-corrected chi connectivity index (χ3v) is 0. The molecule has 0 fully saturated rings. The third kappa shape index (κ3) is 1260. The summed E-state index contributed by atoms with van der Waals surface area (Å²) >= 11 is 0. The van der Waals surface area contributed by atoms with Gasteiger partial charge >= 0.3 is 16.8 Å². The fraction of sp³-hybridized carbons (Fsp3) is 0. The quantitative estimate of drug-likeness (QED) is 0.302. The first kappa shape index (κ1) is 193. The van der Waals surface area contributed by atoms with Crippen LogP contribution in [0.3, 0.4) is 0 Å². The maximum absolute atomic E-state index is 8.25. The van der Waals surface area contributed by atoms with Crippen LogP contribution >= 0.6 is 0 Å². The maximum atomic E-state index is 8.25. The Morgan fingerprint density at radius 2 is 0.444 bits per heavy atom. The summed E-state index contributed by atoms with van der Waals surface area (Å²) in [7, 11) is 0. The molecule has 127 valence electrons. The summed E-state index contributed by atoms with van der Waals surface area (Å²) in [6, 6.07) is 0. The molecule has 18 heteroatoms.